The van der Waals surface area contributed by atoms with Crippen LogP contribution >= 0.6 is 94.6 Å². The number of hydrogen-bond acceptors (Lipinski definition) is 12. The van der Waals surface area contributed by atoms with Crippen molar-refractivity contribution >= 4 is 94.6 Å². The fraction of sp³-hybridized carbons (Fsp3) is 1.00. The van der Waals surface area contributed by atoms with Crippen LogP contribution in [0.1, 0.15) is 0 Å². The van der Waals surface area contributed by atoms with Crippen molar-refractivity contribution in [3.63, 3.8) is 0 Å². The number of rotatable bonds is 24. The van der Waals surface area contributed by atoms with Gasteiger partial charge >= 0.3 is 248 Å². The summed E-state index contributed by atoms with van der Waals surface area (Å²) in [6.45, 7) is 2.62. The van der Waals surface area contributed by atoms with Gasteiger partial charge in [0.25, 0.3) is 0 Å². The molecule has 0 saturated carbocycles. The van der Waals surface area contributed by atoms with Gasteiger partial charge in [0.2, 0.25) is 0 Å². The number of hydrogen-bond donors (Lipinski definition) is 0. The van der Waals surface area contributed by atoms with Crippen molar-refractivity contribution in [3.8, 4) is 0 Å². The molecule has 0 N–H and O–H groups in total. The summed E-state index contributed by atoms with van der Waals surface area (Å²) >= 11 is 10.2. The molecule has 1 rings (SSSR count). The SMILES string of the molecule is CSCCO[P-]1(OCCSC)[N+][P-](OCCSC)(OCCSC)[N+][P-](OCCSC)(OCCSC)[N+]1. The molecule has 6 radical (unpaired) electrons. The fourth-order valence-corrected chi connectivity index (χ4v) is 14.1. The second-order valence-corrected chi connectivity index (χ2v) is 19.2. The van der Waals surface area contributed by atoms with E-state index in [-0.39, 0.29) is 0 Å². The molecule has 0 bridgehead atoms. The first kappa shape index (κ1) is 37.1. The molecule has 0 aliphatic carbocycles. The van der Waals surface area contributed by atoms with E-state index in [1.807, 2.05) is 37.5 Å². The number of nitrogens with zero attached hydrogens (tertiary/aromatic N) is 3. The van der Waals surface area contributed by atoms with Crippen molar-refractivity contribution in [1.82, 2.24) is 14.6 Å². The number of thioether (sulfide) groups is 6. The monoisotopic (exact) mass is 681 g/mol. The summed E-state index contributed by atoms with van der Waals surface area (Å²) in [5, 5.41) is 0. The molecule has 1 saturated heterocycles. The molecule has 0 spiro atoms. The van der Waals surface area contributed by atoms with Crippen LogP contribution in [0.2, 0.25) is 0 Å². The Labute approximate surface area is 246 Å². The Morgan fingerprint density at radius 1 is 0.361 bits per heavy atom. The van der Waals surface area contributed by atoms with Gasteiger partial charge in [-0.05, 0) is 0 Å². The summed E-state index contributed by atoms with van der Waals surface area (Å²) < 4.78 is 38.2. The normalized spacial score (nSPS) is 21.2. The second kappa shape index (κ2) is 22.6. The first-order valence-electron chi connectivity index (χ1n) is 11.2. The molecule has 0 aromatic rings. The summed E-state index contributed by atoms with van der Waals surface area (Å²) in [5.41, 5.74) is 0. The summed E-state index contributed by atoms with van der Waals surface area (Å²) in [6.07, 6.45) is 12.2. The van der Waals surface area contributed by atoms with Crippen molar-refractivity contribution in [1.29, 1.82) is 0 Å². The first-order valence-corrected chi connectivity index (χ1v) is 24.2. The van der Waals surface area contributed by atoms with Gasteiger partial charge in [0, 0.05) is 0 Å². The van der Waals surface area contributed by atoms with Crippen LogP contribution in [-0.4, -0.2) is 112 Å². The van der Waals surface area contributed by atoms with Crippen LogP contribution in [0.25, 0.3) is 0 Å². The van der Waals surface area contributed by atoms with Crippen LogP contribution in [0.5, 0.6) is 0 Å². The van der Waals surface area contributed by atoms with E-state index in [4.69, 9.17) is 41.7 Å². The van der Waals surface area contributed by atoms with E-state index in [2.05, 4.69) is 0 Å². The van der Waals surface area contributed by atoms with Gasteiger partial charge in [0.15, 0.2) is 0 Å². The Hall–Kier alpha value is 3.03. The Balaban J connectivity index is 3.44. The average Bonchev–Trinajstić information content (AvgIpc) is 2.85. The van der Waals surface area contributed by atoms with Gasteiger partial charge in [-0.1, -0.05) is 0 Å². The van der Waals surface area contributed by atoms with E-state index in [1.165, 1.54) is 0 Å². The molecule has 36 heavy (non-hydrogen) atoms. The van der Waals surface area contributed by atoms with E-state index >= 15 is 0 Å². The van der Waals surface area contributed by atoms with Crippen molar-refractivity contribution in [2.75, 3.05) is 112 Å². The molecule has 9 nitrogen and oxygen atoms in total. The summed E-state index contributed by atoms with van der Waals surface area (Å²) in [5.74, 6) is 4.71. The van der Waals surface area contributed by atoms with Gasteiger partial charge in [0.1, 0.15) is 0 Å². The van der Waals surface area contributed by atoms with Gasteiger partial charge in [-0.2, -0.15) is 0 Å². The third-order valence-electron chi connectivity index (χ3n) is 3.96. The predicted octanol–water partition coefficient (Wildman–Crippen LogP) is 6.12. The summed E-state index contributed by atoms with van der Waals surface area (Å²) in [4.78, 5) is 15.0. The molecule has 0 unspecified atom stereocenters. The molecule has 0 atom stereocenters. The van der Waals surface area contributed by atoms with E-state index in [0.29, 0.717) is 39.6 Å². The molecule has 216 valence electrons. The van der Waals surface area contributed by atoms with Gasteiger partial charge in [0.05, 0.1) is 0 Å². The Morgan fingerprint density at radius 2 is 0.528 bits per heavy atom. The summed E-state index contributed by atoms with van der Waals surface area (Å²) in [6, 6.07) is 0. The second-order valence-electron chi connectivity index (χ2n) is 6.70. The third-order valence-corrected chi connectivity index (χ3v) is 15.9. The molecule has 0 aromatic heterocycles. The molecular formula is C18H42N3O6P3S6. The van der Waals surface area contributed by atoms with Gasteiger partial charge in [-0.3, -0.25) is 0 Å². The van der Waals surface area contributed by atoms with Crippen LogP contribution in [0.4, 0.5) is 0 Å². The zero-order valence-corrected chi connectivity index (χ0v) is 29.6. The van der Waals surface area contributed by atoms with Crippen LogP contribution in [0, 0.1) is 0 Å². The third kappa shape index (κ3) is 14.8. The zero-order chi connectivity index (χ0) is 26.6. The standard InChI is InChI=1S/C18H42N3O6P3S6/c1-31-13-7-22-28(23-8-14-32-2)19-29(24-9-15-33-3,25-10-16-34-4)21-30(20-28,26-11-17-35-5)27-12-18-36-6/h7-18H2,1-6H3. The van der Waals surface area contributed by atoms with Crippen LogP contribution in [-0.2, 0) is 27.1 Å². The molecule has 1 heterocycles. The zero-order valence-electron chi connectivity index (χ0n) is 22.1. The molecule has 0 aromatic carbocycles. The molecule has 0 amide bonds. The minimum atomic E-state index is -3.19. The van der Waals surface area contributed by atoms with Crippen LogP contribution in [0.15, 0.2) is 0 Å². The summed E-state index contributed by atoms with van der Waals surface area (Å²) in [7, 11) is -9.56. The maximum atomic E-state index is 6.37. The van der Waals surface area contributed by atoms with Crippen LogP contribution < -0.4 is 14.6 Å². The average molecular weight is 682 g/mol. The quantitative estimate of drug-likeness (QED) is 0.0867. The maximum absolute atomic E-state index is 6.37. The Morgan fingerprint density at radius 3 is 0.667 bits per heavy atom. The van der Waals surface area contributed by atoms with E-state index < -0.39 is 24.1 Å². The van der Waals surface area contributed by atoms with E-state index in [1.54, 1.807) is 70.6 Å². The fourth-order valence-electron chi connectivity index (χ4n) is 2.34. The molecule has 1 aliphatic heterocycles. The predicted molar refractivity (Wildman–Crippen MR) is 173 cm³/mol. The Kier molecular flexibility index (Phi) is 23.3. The topological polar surface area (TPSA) is 97.7 Å². The van der Waals surface area contributed by atoms with Crippen molar-refractivity contribution in [3.05, 3.63) is 0 Å². The van der Waals surface area contributed by atoms with E-state index in [0.717, 1.165) is 34.5 Å². The van der Waals surface area contributed by atoms with Crippen molar-refractivity contribution < 1.29 is 27.1 Å². The van der Waals surface area contributed by atoms with E-state index in [9.17, 15) is 0 Å². The minimum absolute atomic E-state index is 0.437. The first-order chi connectivity index (χ1) is 17.5. The molecular weight excluding hydrogens is 640 g/mol. The molecule has 1 aliphatic rings. The van der Waals surface area contributed by atoms with Crippen molar-refractivity contribution in [2.45, 2.75) is 0 Å². The Bertz CT molecular complexity index is 445. The molecule has 18 heteroatoms. The van der Waals surface area contributed by atoms with Crippen LogP contribution in [0.3, 0.4) is 0 Å². The molecule has 1 fully saturated rings. The van der Waals surface area contributed by atoms with Crippen molar-refractivity contribution in [2.24, 2.45) is 0 Å². The van der Waals surface area contributed by atoms with Gasteiger partial charge in [-0.25, -0.2) is 0 Å². The van der Waals surface area contributed by atoms with Gasteiger partial charge in [-0.15, -0.1) is 0 Å². The van der Waals surface area contributed by atoms with Gasteiger partial charge < -0.3 is 0 Å².